The molecular weight excluding hydrogens is 174 g/mol. The molecule has 0 N–H and O–H groups in total. The van der Waals surface area contributed by atoms with Gasteiger partial charge in [-0.3, -0.25) is 0 Å². The highest BCUT2D eigenvalue weighted by Gasteiger charge is 1.98. The number of carbonyl (C=O) groups excluding carboxylic acids is 1. The minimum Gasteiger partial charge on any atom is -0.303 e. The second kappa shape index (κ2) is 10.2. The maximum atomic E-state index is 10.3. The lowest BCUT2D eigenvalue weighted by Crippen LogP contribution is -1.94. The van der Waals surface area contributed by atoms with Crippen molar-refractivity contribution in [2.45, 2.75) is 58.3 Å². The number of rotatable bonds is 9. The third kappa shape index (κ3) is 9.25. The van der Waals surface area contributed by atoms with Gasteiger partial charge in [-0.2, -0.15) is 5.26 Å². The maximum absolute atomic E-state index is 10.3. The van der Waals surface area contributed by atoms with E-state index in [4.69, 9.17) is 5.26 Å². The van der Waals surface area contributed by atoms with E-state index in [1.54, 1.807) is 0 Å². The van der Waals surface area contributed by atoms with Gasteiger partial charge in [-0.25, -0.2) is 0 Å². The Morgan fingerprint density at radius 2 is 1.71 bits per heavy atom. The van der Waals surface area contributed by atoms with Crippen molar-refractivity contribution >= 4 is 6.29 Å². The van der Waals surface area contributed by atoms with Gasteiger partial charge in [-0.15, -0.1) is 0 Å². The van der Waals surface area contributed by atoms with E-state index in [0.29, 0.717) is 6.42 Å². The summed E-state index contributed by atoms with van der Waals surface area (Å²) in [6.07, 6.45) is 9.85. The number of carbonyl (C=O) groups is 1. The highest BCUT2D eigenvalue weighted by molar-refractivity contribution is 5.52. The zero-order chi connectivity index (χ0) is 10.6. The first-order chi connectivity index (χ1) is 6.81. The summed E-state index contributed by atoms with van der Waals surface area (Å²) in [4.78, 5) is 10.3. The maximum Gasteiger partial charge on any atom is 0.122 e. The third-order valence-corrected chi connectivity index (χ3v) is 2.43. The molecule has 0 amide bonds. The largest absolute Gasteiger partial charge is 0.303 e. The topological polar surface area (TPSA) is 40.9 Å². The summed E-state index contributed by atoms with van der Waals surface area (Å²) in [7, 11) is 0. The van der Waals surface area contributed by atoms with Gasteiger partial charge in [0.05, 0.1) is 6.07 Å². The van der Waals surface area contributed by atoms with Crippen LogP contribution >= 0.6 is 0 Å². The molecule has 0 aliphatic carbocycles. The van der Waals surface area contributed by atoms with E-state index in [2.05, 4.69) is 6.07 Å². The zero-order valence-corrected chi connectivity index (χ0v) is 9.17. The molecule has 0 aliphatic heterocycles. The van der Waals surface area contributed by atoms with Gasteiger partial charge in [0.1, 0.15) is 6.29 Å². The Hall–Kier alpha value is -0.840. The molecule has 0 aromatic carbocycles. The Balaban J connectivity index is 2.99. The van der Waals surface area contributed by atoms with Crippen LogP contribution in [-0.4, -0.2) is 6.29 Å². The van der Waals surface area contributed by atoms with Crippen molar-refractivity contribution in [2.75, 3.05) is 0 Å². The normalized spacial score (nSPS) is 12.0. The van der Waals surface area contributed by atoms with Gasteiger partial charge in [-0.05, 0) is 12.8 Å². The molecule has 0 bridgehead atoms. The Morgan fingerprint density at radius 3 is 2.29 bits per heavy atom. The third-order valence-electron chi connectivity index (χ3n) is 2.43. The fourth-order valence-electron chi connectivity index (χ4n) is 1.45. The second-order valence-corrected chi connectivity index (χ2v) is 3.93. The van der Waals surface area contributed by atoms with Crippen LogP contribution in [0.3, 0.4) is 0 Å². The molecule has 0 saturated heterocycles. The molecule has 0 aliphatic rings. The van der Waals surface area contributed by atoms with E-state index in [1.165, 1.54) is 25.7 Å². The van der Waals surface area contributed by atoms with Gasteiger partial charge in [0.2, 0.25) is 0 Å². The van der Waals surface area contributed by atoms with Crippen LogP contribution in [0.1, 0.15) is 58.3 Å². The van der Waals surface area contributed by atoms with Crippen molar-refractivity contribution in [3.63, 3.8) is 0 Å². The number of hydrogen-bond acceptors (Lipinski definition) is 2. The van der Waals surface area contributed by atoms with Gasteiger partial charge in [0, 0.05) is 12.3 Å². The Labute approximate surface area is 87.3 Å². The predicted octanol–water partition coefficient (Wildman–Crippen LogP) is 3.47. The van der Waals surface area contributed by atoms with Crippen molar-refractivity contribution in [1.29, 1.82) is 5.26 Å². The lowest BCUT2D eigenvalue weighted by Gasteiger charge is -2.02. The summed E-state index contributed by atoms with van der Waals surface area (Å²) in [5, 5.41) is 8.31. The Bertz CT molecular complexity index is 172. The highest BCUT2D eigenvalue weighted by Crippen LogP contribution is 2.11. The minimum absolute atomic E-state index is 0.230. The molecule has 2 nitrogen and oxygen atoms in total. The molecule has 0 rings (SSSR count). The molecular formula is C12H21NO. The van der Waals surface area contributed by atoms with E-state index in [1.807, 2.05) is 6.92 Å². The first-order valence-corrected chi connectivity index (χ1v) is 5.63. The SMILES string of the molecule is CC(C=O)CCCCCCCCC#N. The fourth-order valence-corrected chi connectivity index (χ4v) is 1.45. The van der Waals surface area contributed by atoms with Gasteiger partial charge < -0.3 is 4.79 Å². The molecule has 1 unspecified atom stereocenters. The molecule has 0 aromatic heterocycles. The Kier molecular flexibility index (Phi) is 9.63. The lowest BCUT2D eigenvalue weighted by atomic mass is 10.0. The summed E-state index contributed by atoms with van der Waals surface area (Å²) in [6, 6.07) is 2.15. The molecule has 0 saturated carbocycles. The zero-order valence-electron chi connectivity index (χ0n) is 9.17. The summed E-state index contributed by atoms with van der Waals surface area (Å²) >= 11 is 0. The molecule has 0 fully saturated rings. The monoisotopic (exact) mass is 195 g/mol. The molecule has 0 aromatic rings. The molecule has 0 radical (unpaired) electrons. The predicted molar refractivity (Wildman–Crippen MR) is 57.8 cm³/mol. The standard InChI is InChI=1S/C12H21NO/c1-12(11-14)9-7-5-3-2-4-6-8-10-13/h11-12H,2-9H2,1H3. The van der Waals surface area contributed by atoms with Crippen LogP contribution in [0.25, 0.3) is 0 Å². The van der Waals surface area contributed by atoms with Crippen LogP contribution in [-0.2, 0) is 4.79 Å². The second-order valence-electron chi connectivity index (χ2n) is 3.93. The lowest BCUT2D eigenvalue weighted by molar-refractivity contribution is -0.110. The number of hydrogen-bond donors (Lipinski definition) is 0. The van der Waals surface area contributed by atoms with E-state index in [9.17, 15) is 4.79 Å². The number of unbranched alkanes of at least 4 members (excludes halogenated alkanes) is 6. The number of nitriles is 1. The van der Waals surface area contributed by atoms with Crippen LogP contribution in [0.4, 0.5) is 0 Å². The molecule has 1 atom stereocenters. The average Bonchev–Trinajstić information content (AvgIpc) is 2.21. The van der Waals surface area contributed by atoms with Crippen molar-refractivity contribution in [1.82, 2.24) is 0 Å². The van der Waals surface area contributed by atoms with Gasteiger partial charge >= 0.3 is 0 Å². The number of aldehydes is 1. The molecule has 80 valence electrons. The molecule has 14 heavy (non-hydrogen) atoms. The minimum atomic E-state index is 0.230. The van der Waals surface area contributed by atoms with Crippen molar-refractivity contribution < 1.29 is 4.79 Å². The van der Waals surface area contributed by atoms with E-state index in [-0.39, 0.29) is 5.92 Å². The van der Waals surface area contributed by atoms with E-state index >= 15 is 0 Å². The van der Waals surface area contributed by atoms with Crippen molar-refractivity contribution in [2.24, 2.45) is 5.92 Å². The summed E-state index contributed by atoms with van der Waals surface area (Å²) in [5.74, 6) is 0.230. The highest BCUT2D eigenvalue weighted by atomic mass is 16.1. The smallest absolute Gasteiger partial charge is 0.122 e. The van der Waals surface area contributed by atoms with Crippen LogP contribution < -0.4 is 0 Å². The number of nitrogens with zero attached hydrogens (tertiary/aromatic N) is 1. The van der Waals surface area contributed by atoms with Gasteiger partial charge in [-0.1, -0.05) is 39.0 Å². The average molecular weight is 195 g/mol. The fraction of sp³-hybridized carbons (Fsp3) is 0.833. The summed E-state index contributed by atoms with van der Waals surface area (Å²) < 4.78 is 0. The summed E-state index contributed by atoms with van der Waals surface area (Å²) in [6.45, 7) is 1.97. The quantitative estimate of drug-likeness (QED) is 0.417. The van der Waals surface area contributed by atoms with E-state index in [0.717, 1.165) is 25.5 Å². The molecule has 0 heterocycles. The van der Waals surface area contributed by atoms with Crippen LogP contribution in [0.2, 0.25) is 0 Å². The van der Waals surface area contributed by atoms with Crippen molar-refractivity contribution in [3.05, 3.63) is 0 Å². The first-order valence-electron chi connectivity index (χ1n) is 5.63. The van der Waals surface area contributed by atoms with Gasteiger partial charge in [0.25, 0.3) is 0 Å². The van der Waals surface area contributed by atoms with Crippen LogP contribution in [0.15, 0.2) is 0 Å². The summed E-state index contributed by atoms with van der Waals surface area (Å²) in [5.41, 5.74) is 0. The Morgan fingerprint density at radius 1 is 1.14 bits per heavy atom. The van der Waals surface area contributed by atoms with E-state index < -0.39 is 0 Å². The first kappa shape index (κ1) is 13.2. The molecule has 2 heteroatoms. The van der Waals surface area contributed by atoms with Gasteiger partial charge in [0.15, 0.2) is 0 Å². The molecule has 0 spiro atoms. The van der Waals surface area contributed by atoms with Crippen LogP contribution in [0.5, 0.6) is 0 Å². The van der Waals surface area contributed by atoms with Crippen molar-refractivity contribution in [3.8, 4) is 6.07 Å². The van der Waals surface area contributed by atoms with Crippen LogP contribution in [0, 0.1) is 17.2 Å².